The molecule has 0 unspecified atom stereocenters. The lowest BCUT2D eigenvalue weighted by Gasteiger charge is -2.29. The molecule has 0 atom stereocenters. The summed E-state index contributed by atoms with van der Waals surface area (Å²) in [4.78, 5) is 13.9. The highest BCUT2D eigenvalue weighted by atomic mass is 35.5. The van der Waals surface area contributed by atoms with Crippen molar-refractivity contribution in [3.8, 4) is 5.75 Å². The largest absolute Gasteiger partial charge is 0.414 e. The van der Waals surface area contributed by atoms with Crippen molar-refractivity contribution < 1.29 is 14.6 Å². The van der Waals surface area contributed by atoms with Crippen LogP contribution in [-0.4, -0.2) is 49.4 Å². The maximum Gasteiger partial charge on any atom is 0.414 e. The molecule has 0 radical (unpaired) electrons. The number of hydrogen-bond donors (Lipinski definition) is 2. The van der Waals surface area contributed by atoms with Crippen molar-refractivity contribution in [3.63, 3.8) is 0 Å². The number of hydrogen-bond acceptors (Lipinski definition) is 4. The monoisotopic (exact) mass is 424 g/mol. The zero-order valence-electron chi connectivity index (χ0n) is 17.7. The zero-order valence-corrected chi connectivity index (χ0v) is 18.5. The van der Waals surface area contributed by atoms with Crippen LogP contribution in [0.3, 0.4) is 0 Å². The van der Waals surface area contributed by atoms with E-state index in [2.05, 4.69) is 5.32 Å². The van der Waals surface area contributed by atoms with E-state index in [4.69, 9.17) is 21.4 Å². The fraction of sp³-hybridized carbons (Fsp3) is 0.696. The number of halogens is 1. The van der Waals surface area contributed by atoms with Crippen molar-refractivity contribution in [1.29, 1.82) is 0 Å². The average molecular weight is 425 g/mol. The van der Waals surface area contributed by atoms with Crippen LogP contribution in [0.25, 0.3) is 0 Å². The minimum absolute atomic E-state index is 0.308. The number of rotatable bonds is 12. The van der Waals surface area contributed by atoms with E-state index in [1.165, 1.54) is 32.1 Å². The molecule has 164 valence electrons. The van der Waals surface area contributed by atoms with Crippen LogP contribution in [0.15, 0.2) is 24.3 Å². The minimum atomic E-state index is -0.314. The van der Waals surface area contributed by atoms with E-state index in [9.17, 15) is 4.79 Å². The number of ether oxygens (including phenoxy) is 1. The van der Waals surface area contributed by atoms with Crippen molar-refractivity contribution >= 4 is 17.7 Å². The lowest BCUT2D eigenvalue weighted by molar-refractivity contribution is 0.156. The van der Waals surface area contributed by atoms with E-state index in [0.29, 0.717) is 23.3 Å². The van der Waals surface area contributed by atoms with Gasteiger partial charge in [0.05, 0.1) is 0 Å². The first-order valence-electron chi connectivity index (χ1n) is 11.1. The minimum Gasteiger partial charge on any atom is -0.410 e. The van der Waals surface area contributed by atoms with Gasteiger partial charge in [-0.25, -0.2) is 4.79 Å². The molecule has 0 heterocycles. The quantitative estimate of drug-likeness (QED) is 0.457. The molecule has 0 aliphatic heterocycles. The molecule has 5 nitrogen and oxygen atoms in total. The van der Waals surface area contributed by atoms with Crippen LogP contribution in [0.1, 0.15) is 57.8 Å². The number of carbonyl (C=O) groups excluding carboxylic acids is 1. The normalized spacial score (nSPS) is 19.1. The second-order valence-corrected chi connectivity index (χ2v) is 8.68. The summed E-state index contributed by atoms with van der Waals surface area (Å²) in [6.07, 6.45) is 10.3. The summed E-state index contributed by atoms with van der Waals surface area (Å²) in [6.45, 7) is 3.21. The van der Waals surface area contributed by atoms with Crippen LogP contribution in [0.2, 0.25) is 5.02 Å². The lowest BCUT2D eigenvalue weighted by atomic mass is 9.79. The number of aliphatic hydroxyl groups excluding tert-OH is 1. The Labute approximate surface area is 180 Å². The molecule has 0 aromatic heterocycles. The Morgan fingerprint density at radius 2 is 1.72 bits per heavy atom. The van der Waals surface area contributed by atoms with Crippen molar-refractivity contribution in [2.24, 2.45) is 11.8 Å². The van der Waals surface area contributed by atoms with Gasteiger partial charge in [0.2, 0.25) is 0 Å². The molecule has 2 rings (SSSR count). The molecule has 1 amide bonds. The van der Waals surface area contributed by atoms with Gasteiger partial charge in [-0.3, -0.25) is 0 Å². The second kappa shape index (κ2) is 13.8. The maximum atomic E-state index is 12.2. The first-order chi connectivity index (χ1) is 14.1. The first-order valence-corrected chi connectivity index (χ1v) is 11.5. The number of aliphatic hydroxyl groups is 1. The first kappa shape index (κ1) is 24.0. The Morgan fingerprint density at radius 1 is 1.07 bits per heavy atom. The van der Waals surface area contributed by atoms with E-state index < -0.39 is 0 Å². The summed E-state index contributed by atoms with van der Waals surface area (Å²) in [5.74, 6) is 2.07. The van der Waals surface area contributed by atoms with Gasteiger partial charge in [0.15, 0.2) is 0 Å². The molecular weight excluding hydrogens is 388 g/mol. The van der Waals surface area contributed by atoms with E-state index in [1.807, 2.05) is 0 Å². The summed E-state index contributed by atoms with van der Waals surface area (Å²) >= 11 is 5.85. The standard InChI is InChI=1S/C23H37ClN2O3/c1-26(23(28)29-22-11-9-21(24)10-12-22)17-14-20-7-5-19(6-8-20)13-16-25-15-3-2-4-18-27/h9-12,19-20,25,27H,2-8,13-18H2,1H3/t19-,20-. The number of amides is 1. The summed E-state index contributed by atoms with van der Waals surface area (Å²) in [7, 11) is 1.80. The van der Waals surface area contributed by atoms with Gasteiger partial charge >= 0.3 is 6.09 Å². The molecule has 1 aromatic carbocycles. The molecule has 1 fully saturated rings. The third-order valence-electron chi connectivity index (χ3n) is 5.91. The van der Waals surface area contributed by atoms with Crippen LogP contribution in [0, 0.1) is 11.8 Å². The van der Waals surface area contributed by atoms with Crippen molar-refractivity contribution in [1.82, 2.24) is 10.2 Å². The van der Waals surface area contributed by atoms with Gasteiger partial charge < -0.3 is 20.1 Å². The average Bonchev–Trinajstić information content (AvgIpc) is 2.73. The highest BCUT2D eigenvalue weighted by Gasteiger charge is 2.22. The van der Waals surface area contributed by atoms with Gasteiger partial charge in [-0.1, -0.05) is 37.3 Å². The summed E-state index contributed by atoms with van der Waals surface area (Å²) in [6, 6.07) is 6.85. The fourth-order valence-electron chi connectivity index (χ4n) is 3.93. The van der Waals surface area contributed by atoms with E-state index in [-0.39, 0.29) is 6.09 Å². The van der Waals surface area contributed by atoms with E-state index >= 15 is 0 Å². The number of nitrogens with one attached hydrogen (secondary N) is 1. The molecule has 2 N–H and O–H groups in total. The second-order valence-electron chi connectivity index (χ2n) is 8.24. The molecule has 1 saturated carbocycles. The molecule has 1 aliphatic rings. The lowest BCUT2D eigenvalue weighted by Crippen LogP contribution is -2.32. The molecule has 0 saturated heterocycles. The van der Waals surface area contributed by atoms with E-state index in [0.717, 1.165) is 51.2 Å². The molecule has 0 spiro atoms. The number of nitrogens with zero attached hydrogens (tertiary/aromatic N) is 1. The Kier molecular flexibility index (Phi) is 11.4. The van der Waals surface area contributed by atoms with Crippen LogP contribution in [0.4, 0.5) is 4.79 Å². The molecule has 0 bridgehead atoms. The molecule has 1 aliphatic carbocycles. The Bertz CT molecular complexity index is 574. The molecule has 6 heteroatoms. The summed E-state index contributed by atoms with van der Waals surface area (Å²) in [5, 5.41) is 12.9. The van der Waals surface area contributed by atoms with Crippen LogP contribution in [-0.2, 0) is 0 Å². The van der Waals surface area contributed by atoms with Crippen molar-refractivity contribution in [2.75, 3.05) is 33.3 Å². The van der Waals surface area contributed by atoms with Crippen molar-refractivity contribution in [3.05, 3.63) is 29.3 Å². The third-order valence-corrected chi connectivity index (χ3v) is 6.16. The van der Waals surface area contributed by atoms with Gasteiger partial charge in [-0.15, -0.1) is 0 Å². The molecule has 29 heavy (non-hydrogen) atoms. The fourth-order valence-corrected chi connectivity index (χ4v) is 4.05. The molecular formula is C23H37ClN2O3. The van der Waals surface area contributed by atoms with Gasteiger partial charge in [0.1, 0.15) is 5.75 Å². The predicted octanol–water partition coefficient (Wildman–Crippen LogP) is 5.11. The number of benzene rings is 1. The Morgan fingerprint density at radius 3 is 2.38 bits per heavy atom. The highest BCUT2D eigenvalue weighted by molar-refractivity contribution is 6.30. The predicted molar refractivity (Wildman–Crippen MR) is 119 cm³/mol. The maximum absolute atomic E-state index is 12.2. The SMILES string of the molecule is CN(CC[C@H]1CC[C@H](CCNCCCCCO)CC1)C(=O)Oc1ccc(Cl)cc1. The Balaban J connectivity index is 1.53. The van der Waals surface area contributed by atoms with Gasteiger partial charge in [-0.05, 0) is 81.3 Å². The zero-order chi connectivity index (χ0) is 20.9. The number of unbranched alkanes of at least 4 members (excludes halogenated alkanes) is 2. The highest BCUT2D eigenvalue weighted by Crippen LogP contribution is 2.32. The molecule has 1 aromatic rings. The summed E-state index contributed by atoms with van der Waals surface area (Å²) < 4.78 is 5.38. The number of carbonyl (C=O) groups is 1. The van der Waals surface area contributed by atoms with Crippen LogP contribution in [0.5, 0.6) is 5.75 Å². The third kappa shape index (κ3) is 9.83. The van der Waals surface area contributed by atoms with Crippen LogP contribution >= 0.6 is 11.6 Å². The van der Waals surface area contributed by atoms with Crippen LogP contribution < -0.4 is 10.1 Å². The smallest absolute Gasteiger partial charge is 0.410 e. The Hall–Kier alpha value is -1.30. The van der Waals surface area contributed by atoms with Gasteiger partial charge in [0, 0.05) is 25.2 Å². The van der Waals surface area contributed by atoms with Gasteiger partial charge in [0.25, 0.3) is 0 Å². The topological polar surface area (TPSA) is 61.8 Å². The van der Waals surface area contributed by atoms with Gasteiger partial charge in [-0.2, -0.15) is 0 Å². The van der Waals surface area contributed by atoms with E-state index in [1.54, 1.807) is 36.2 Å². The van der Waals surface area contributed by atoms with Crippen molar-refractivity contribution in [2.45, 2.75) is 57.8 Å². The summed E-state index contributed by atoms with van der Waals surface area (Å²) in [5.41, 5.74) is 0.